The number of ether oxygens (including phenoxy) is 2. The van der Waals surface area contributed by atoms with E-state index in [0.29, 0.717) is 29.8 Å². The van der Waals surface area contributed by atoms with Crippen molar-refractivity contribution >= 4 is 0 Å². The fourth-order valence-electron chi connectivity index (χ4n) is 3.42. The standard InChI is InChI=1S/C20H25N5O4/c1-14-10-16(28-22-14)12-24-6-8-25(9-7-24)13-19-21-20(23-29-19)15-4-5-17(26-2)18(11-15)27-3/h4-5,10-11H,6-9,12-13H2,1-3H3. The zero-order valence-electron chi connectivity index (χ0n) is 16.9. The first-order valence-corrected chi connectivity index (χ1v) is 9.56. The molecule has 9 nitrogen and oxygen atoms in total. The van der Waals surface area contributed by atoms with E-state index in [2.05, 4.69) is 25.1 Å². The molecular weight excluding hydrogens is 374 g/mol. The summed E-state index contributed by atoms with van der Waals surface area (Å²) >= 11 is 0. The molecule has 0 N–H and O–H groups in total. The largest absolute Gasteiger partial charge is 0.493 e. The average Bonchev–Trinajstić information content (AvgIpc) is 3.38. The van der Waals surface area contributed by atoms with Gasteiger partial charge >= 0.3 is 0 Å². The lowest BCUT2D eigenvalue weighted by atomic mass is 10.2. The normalized spacial score (nSPS) is 15.6. The van der Waals surface area contributed by atoms with Crippen LogP contribution in [0.2, 0.25) is 0 Å². The number of hydrogen-bond donors (Lipinski definition) is 0. The Morgan fingerprint density at radius 2 is 1.62 bits per heavy atom. The minimum atomic E-state index is 0.542. The first-order valence-electron chi connectivity index (χ1n) is 9.56. The number of nitrogens with zero attached hydrogens (tertiary/aromatic N) is 5. The van der Waals surface area contributed by atoms with E-state index in [1.54, 1.807) is 14.2 Å². The molecule has 0 spiro atoms. The summed E-state index contributed by atoms with van der Waals surface area (Å²) in [5.74, 6) is 3.36. The maximum Gasteiger partial charge on any atom is 0.241 e. The van der Waals surface area contributed by atoms with E-state index in [-0.39, 0.29) is 0 Å². The van der Waals surface area contributed by atoms with Crippen LogP contribution in [-0.2, 0) is 13.1 Å². The second-order valence-corrected chi connectivity index (χ2v) is 7.07. The highest BCUT2D eigenvalue weighted by atomic mass is 16.5. The minimum absolute atomic E-state index is 0.542. The molecule has 1 aliphatic rings. The molecule has 0 radical (unpaired) electrons. The molecule has 154 valence electrons. The molecule has 0 atom stereocenters. The average molecular weight is 399 g/mol. The third-order valence-electron chi connectivity index (χ3n) is 4.99. The van der Waals surface area contributed by atoms with E-state index in [0.717, 1.165) is 49.7 Å². The molecule has 9 heteroatoms. The Bertz CT molecular complexity index is 946. The molecule has 2 aromatic heterocycles. The summed E-state index contributed by atoms with van der Waals surface area (Å²) in [5.41, 5.74) is 1.74. The lowest BCUT2D eigenvalue weighted by Crippen LogP contribution is -2.45. The number of aromatic nitrogens is 3. The van der Waals surface area contributed by atoms with Gasteiger partial charge in [-0.25, -0.2) is 0 Å². The van der Waals surface area contributed by atoms with E-state index in [1.807, 2.05) is 31.2 Å². The lowest BCUT2D eigenvalue weighted by molar-refractivity contribution is 0.105. The van der Waals surface area contributed by atoms with Crippen LogP contribution in [0, 0.1) is 6.92 Å². The molecule has 3 aromatic rings. The van der Waals surface area contributed by atoms with Crippen molar-refractivity contribution in [2.75, 3.05) is 40.4 Å². The molecule has 1 aliphatic heterocycles. The molecule has 0 aliphatic carbocycles. The summed E-state index contributed by atoms with van der Waals surface area (Å²) in [6.07, 6.45) is 0. The molecule has 1 saturated heterocycles. The molecule has 1 aromatic carbocycles. The number of piperazine rings is 1. The second kappa shape index (κ2) is 8.62. The van der Waals surface area contributed by atoms with Gasteiger partial charge < -0.3 is 18.5 Å². The number of rotatable bonds is 7. The highest BCUT2D eigenvalue weighted by molar-refractivity contribution is 5.60. The van der Waals surface area contributed by atoms with E-state index in [1.165, 1.54) is 0 Å². The summed E-state index contributed by atoms with van der Waals surface area (Å²) < 4.78 is 21.4. The van der Waals surface area contributed by atoms with Crippen molar-refractivity contribution in [3.05, 3.63) is 41.6 Å². The Morgan fingerprint density at radius 3 is 2.28 bits per heavy atom. The SMILES string of the molecule is COc1ccc(-c2noc(CN3CCN(Cc4cc(C)no4)CC3)n2)cc1OC. The summed E-state index contributed by atoms with van der Waals surface area (Å²) in [6, 6.07) is 7.55. The topological polar surface area (TPSA) is 89.9 Å². The van der Waals surface area contributed by atoms with Crippen LogP contribution >= 0.6 is 0 Å². The van der Waals surface area contributed by atoms with Crippen molar-refractivity contribution in [3.63, 3.8) is 0 Å². The van der Waals surface area contributed by atoms with Gasteiger partial charge in [0.25, 0.3) is 0 Å². The first-order chi connectivity index (χ1) is 14.1. The number of benzene rings is 1. The van der Waals surface area contributed by atoms with Crippen molar-refractivity contribution in [1.82, 2.24) is 25.1 Å². The van der Waals surface area contributed by atoms with Gasteiger partial charge in [0.1, 0.15) is 0 Å². The minimum Gasteiger partial charge on any atom is -0.493 e. The molecule has 0 bridgehead atoms. The Hall–Kier alpha value is -2.91. The zero-order valence-corrected chi connectivity index (χ0v) is 16.9. The van der Waals surface area contributed by atoms with Crippen LogP contribution in [0.25, 0.3) is 11.4 Å². The van der Waals surface area contributed by atoms with Crippen LogP contribution in [-0.4, -0.2) is 65.5 Å². The molecule has 0 unspecified atom stereocenters. The fraction of sp³-hybridized carbons (Fsp3) is 0.450. The van der Waals surface area contributed by atoms with Gasteiger partial charge in [-0.1, -0.05) is 10.3 Å². The summed E-state index contributed by atoms with van der Waals surface area (Å²) in [4.78, 5) is 9.22. The van der Waals surface area contributed by atoms with E-state index in [9.17, 15) is 0 Å². The highest BCUT2D eigenvalue weighted by Crippen LogP contribution is 2.31. The van der Waals surface area contributed by atoms with Crippen molar-refractivity contribution < 1.29 is 18.5 Å². The van der Waals surface area contributed by atoms with Crippen LogP contribution in [0.1, 0.15) is 17.3 Å². The Balaban J connectivity index is 1.33. The zero-order chi connectivity index (χ0) is 20.2. The summed E-state index contributed by atoms with van der Waals surface area (Å²) in [5, 5.41) is 8.06. The van der Waals surface area contributed by atoms with E-state index in [4.69, 9.17) is 18.5 Å². The number of hydrogen-bond acceptors (Lipinski definition) is 9. The fourth-order valence-corrected chi connectivity index (χ4v) is 3.42. The van der Waals surface area contributed by atoms with Gasteiger partial charge in [-0.3, -0.25) is 9.80 Å². The summed E-state index contributed by atoms with van der Waals surface area (Å²) in [6.45, 7) is 7.13. The van der Waals surface area contributed by atoms with Crippen molar-refractivity contribution in [3.8, 4) is 22.9 Å². The van der Waals surface area contributed by atoms with Gasteiger partial charge in [-0.05, 0) is 25.1 Å². The third kappa shape index (κ3) is 4.57. The Kier molecular flexibility index (Phi) is 5.77. The van der Waals surface area contributed by atoms with Gasteiger partial charge in [0.05, 0.1) is 33.0 Å². The van der Waals surface area contributed by atoms with Crippen LogP contribution in [0.4, 0.5) is 0 Å². The second-order valence-electron chi connectivity index (χ2n) is 7.07. The lowest BCUT2D eigenvalue weighted by Gasteiger charge is -2.33. The monoisotopic (exact) mass is 399 g/mol. The van der Waals surface area contributed by atoms with E-state index >= 15 is 0 Å². The van der Waals surface area contributed by atoms with Gasteiger partial charge in [0.15, 0.2) is 17.3 Å². The molecule has 0 amide bonds. The van der Waals surface area contributed by atoms with Crippen LogP contribution < -0.4 is 9.47 Å². The predicted molar refractivity (Wildman–Crippen MR) is 105 cm³/mol. The van der Waals surface area contributed by atoms with Crippen LogP contribution in [0.5, 0.6) is 11.5 Å². The van der Waals surface area contributed by atoms with Crippen LogP contribution in [0.3, 0.4) is 0 Å². The molecule has 1 fully saturated rings. The predicted octanol–water partition coefficient (Wildman–Crippen LogP) is 2.37. The third-order valence-corrected chi connectivity index (χ3v) is 4.99. The number of methoxy groups -OCH3 is 2. The Morgan fingerprint density at radius 1 is 0.897 bits per heavy atom. The quantitative estimate of drug-likeness (QED) is 0.594. The van der Waals surface area contributed by atoms with Crippen molar-refractivity contribution in [2.24, 2.45) is 0 Å². The molecule has 29 heavy (non-hydrogen) atoms. The molecule has 0 saturated carbocycles. The maximum atomic E-state index is 5.47. The smallest absolute Gasteiger partial charge is 0.241 e. The van der Waals surface area contributed by atoms with Gasteiger partial charge in [0.2, 0.25) is 11.7 Å². The van der Waals surface area contributed by atoms with Gasteiger partial charge in [-0.15, -0.1) is 0 Å². The van der Waals surface area contributed by atoms with Crippen LogP contribution in [0.15, 0.2) is 33.3 Å². The van der Waals surface area contributed by atoms with Gasteiger partial charge in [-0.2, -0.15) is 4.98 Å². The van der Waals surface area contributed by atoms with E-state index < -0.39 is 0 Å². The first kappa shape index (κ1) is 19.4. The van der Waals surface area contributed by atoms with Crippen molar-refractivity contribution in [1.29, 1.82) is 0 Å². The number of aryl methyl sites for hydroxylation is 1. The summed E-state index contributed by atoms with van der Waals surface area (Å²) in [7, 11) is 3.21. The molecular formula is C20H25N5O4. The highest BCUT2D eigenvalue weighted by Gasteiger charge is 2.21. The molecule has 4 rings (SSSR count). The van der Waals surface area contributed by atoms with Crippen molar-refractivity contribution in [2.45, 2.75) is 20.0 Å². The Labute approximate surface area is 169 Å². The van der Waals surface area contributed by atoms with Gasteiger partial charge in [0, 0.05) is 37.8 Å². The molecule has 3 heterocycles. The maximum absolute atomic E-state index is 5.47.